The Morgan fingerprint density at radius 2 is 2.28 bits per heavy atom. The lowest BCUT2D eigenvalue weighted by Crippen LogP contribution is -2.06. The van der Waals surface area contributed by atoms with Gasteiger partial charge in [0.25, 0.3) is 0 Å². The maximum Gasteiger partial charge on any atom is 0.303 e. The van der Waals surface area contributed by atoms with Crippen LogP contribution in [0.15, 0.2) is 18.2 Å². The number of carbonyl (C=O) groups is 1. The van der Waals surface area contributed by atoms with Gasteiger partial charge in [-0.1, -0.05) is 11.6 Å². The number of aryl methyl sites for hydroxylation is 2. The second kappa shape index (κ2) is 5.14. The lowest BCUT2D eigenvalue weighted by molar-refractivity contribution is -0.136. The van der Waals surface area contributed by atoms with E-state index in [9.17, 15) is 4.79 Å². The van der Waals surface area contributed by atoms with Gasteiger partial charge < -0.3 is 5.11 Å². The van der Waals surface area contributed by atoms with Crippen molar-refractivity contribution in [2.24, 2.45) is 0 Å². The zero-order valence-electron chi connectivity index (χ0n) is 9.67. The van der Waals surface area contributed by atoms with Crippen LogP contribution in [0.1, 0.15) is 17.8 Å². The molecular weight excluding hydrogens is 256 g/mol. The monoisotopic (exact) mass is 266 g/mol. The predicted octanol–water partition coefficient (Wildman–Crippen LogP) is 1.64. The van der Waals surface area contributed by atoms with Crippen molar-refractivity contribution in [3.05, 3.63) is 34.6 Å². The highest BCUT2D eigenvalue weighted by molar-refractivity contribution is 6.30. The van der Waals surface area contributed by atoms with Gasteiger partial charge in [-0.3, -0.25) is 4.79 Å². The first kappa shape index (κ1) is 12.5. The maximum absolute atomic E-state index is 10.6. The maximum atomic E-state index is 10.6. The van der Waals surface area contributed by atoms with Crippen molar-refractivity contribution in [3.8, 4) is 5.69 Å². The molecule has 0 aliphatic rings. The Labute approximate surface area is 108 Å². The van der Waals surface area contributed by atoms with Crippen molar-refractivity contribution in [2.45, 2.75) is 19.8 Å². The standard InChI is InChI=1S/C11H11ClN4O2/c1-7-13-14-15-16(7)10-4-3-9(12)6-8(10)2-5-11(17)18/h3-4,6H,2,5H2,1H3,(H,17,18). The average Bonchev–Trinajstić information content (AvgIpc) is 2.73. The summed E-state index contributed by atoms with van der Waals surface area (Å²) >= 11 is 5.92. The van der Waals surface area contributed by atoms with Crippen LogP contribution in [0.4, 0.5) is 0 Å². The molecule has 1 heterocycles. The van der Waals surface area contributed by atoms with Gasteiger partial charge in [-0.05, 0) is 47.5 Å². The van der Waals surface area contributed by atoms with E-state index >= 15 is 0 Å². The van der Waals surface area contributed by atoms with Gasteiger partial charge in [0.15, 0.2) is 5.82 Å². The molecule has 0 aliphatic carbocycles. The number of hydrogen-bond acceptors (Lipinski definition) is 4. The fourth-order valence-electron chi connectivity index (χ4n) is 1.66. The largest absolute Gasteiger partial charge is 0.481 e. The first-order chi connectivity index (χ1) is 8.58. The molecule has 18 heavy (non-hydrogen) atoms. The molecule has 0 spiro atoms. The summed E-state index contributed by atoms with van der Waals surface area (Å²) in [5.41, 5.74) is 1.56. The van der Waals surface area contributed by atoms with Gasteiger partial charge in [0.05, 0.1) is 5.69 Å². The van der Waals surface area contributed by atoms with Gasteiger partial charge >= 0.3 is 5.97 Å². The number of hydrogen-bond donors (Lipinski definition) is 1. The number of halogens is 1. The Kier molecular flexibility index (Phi) is 3.57. The third-order valence-electron chi connectivity index (χ3n) is 2.50. The van der Waals surface area contributed by atoms with Gasteiger partial charge in [-0.15, -0.1) is 5.10 Å². The van der Waals surface area contributed by atoms with Crippen molar-refractivity contribution in [1.82, 2.24) is 20.2 Å². The number of rotatable bonds is 4. The van der Waals surface area contributed by atoms with Crippen LogP contribution in [-0.2, 0) is 11.2 Å². The fraction of sp³-hybridized carbons (Fsp3) is 0.273. The van der Waals surface area contributed by atoms with Gasteiger partial charge in [0.2, 0.25) is 0 Å². The Balaban J connectivity index is 2.40. The van der Waals surface area contributed by atoms with E-state index in [4.69, 9.17) is 16.7 Å². The first-order valence-electron chi connectivity index (χ1n) is 5.33. The summed E-state index contributed by atoms with van der Waals surface area (Å²) in [7, 11) is 0. The summed E-state index contributed by atoms with van der Waals surface area (Å²) in [4.78, 5) is 10.6. The van der Waals surface area contributed by atoms with E-state index in [1.54, 1.807) is 29.8 Å². The third kappa shape index (κ3) is 2.65. The highest BCUT2D eigenvalue weighted by Crippen LogP contribution is 2.21. The number of aliphatic carboxylic acids is 1. The molecular formula is C11H11ClN4O2. The predicted molar refractivity (Wildman–Crippen MR) is 64.9 cm³/mol. The quantitative estimate of drug-likeness (QED) is 0.910. The second-order valence-corrected chi connectivity index (χ2v) is 4.24. The number of aromatic nitrogens is 4. The van der Waals surface area contributed by atoms with Crippen molar-refractivity contribution in [3.63, 3.8) is 0 Å². The zero-order valence-corrected chi connectivity index (χ0v) is 10.4. The molecule has 0 fully saturated rings. The Hall–Kier alpha value is -1.95. The third-order valence-corrected chi connectivity index (χ3v) is 2.74. The molecule has 1 aromatic heterocycles. The number of benzene rings is 1. The molecule has 0 radical (unpaired) electrons. The van der Waals surface area contributed by atoms with E-state index in [-0.39, 0.29) is 6.42 Å². The summed E-state index contributed by atoms with van der Waals surface area (Å²) in [6, 6.07) is 5.24. The molecule has 0 saturated carbocycles. The molecule has 0 bridgehead atoms. The molecule has 1 aromatic carbocycles. The molecule has 2 rings (SSSR count). The van der Waals surface area contributed by atoms with Crippen LogP contribution in [0, 0.1) is 6.92 Å². The van der Waals surface area contributed by atoms with E-state index < -0.39 is 5.97 Å². The minimum Gasteiger partial charge on any atom is -0.481 e. The van der Waals surface area contributed by atoms with E-state index in [1.165, 1.54) is 0 Å². The van der Waals surface area contributed by atoms with E-state index in [2.05, 4.69) is 15.5 Å². The highest BCUT2D eigenvalue weighted by atomic mass is 35.5. The highest BCUT2D eigenvalue weighted by Gasteiger charge is 2.11. The first-order valence-corrected chi connectivity index (χ1v) is 5.71. The summed E-state index contributed by atoms with van der Waals surface area (Å²) in [6.45, 7) is 1.77. The van der Waals surface area contributed by atoms with Gasteiger partial charge in [-0.2, -0.15) is 4.68 Å². The van der Waals surface area contributed by atoms with Crippen LogP contribution in [0.2, 0.25) is 5.02 Å². The van der Waals surface area contributed by atoms with Gasteiger partial charge in [0.1, 0.15) is 0 Å². The molecule has 0 aliphatic heterocycles. The van der Waals surface area contributed by atoms with Crippen LogP contribution in [0.25, 0.3) is 5.69 Å². The minimum atomic E-state index is -0.852. The van der Waals surface area contributed by atoms with Crippen molar-refractivity contribution >= 4 is 17.6 Å². The molecule has 7 heteroatoms. The second-order valence-electron chi connectivity index (χ2n) is 3.80. The molecule has 1 N–H and O–H groups in total. The summed E-state index contributed by atoms with van der Waals surface area (Å²) < 4.78 is 1.56. The molecule has 2 aromatic rings. The Bertz CT molecular complexity index is 582. The zero-order chi connectivity index (χ0) is 13.1. The van der Waals surface area contributed by atoms with Crippen molar-refractivity contribution in [2.75, 3.05) is 0 Å². The van der Waals surface area contributed by atoms with Crippen LogP contribution >= 0.6 is 11.6 Å². The SMILES string of the molecule is Cc1nnnn1-c1ccc(Cl)cc1CCC(=O)O. The lowest BCUT2D eigenvalue weighted by Gasteiger charge is -2.09. The van der Waals surface area contributed by atoms with Crippen LogP contribution in [-0.4, -0.2) is 31.3 Å². The van der Waals surface area contributed by atoms with E-state index in [0.29, 0.717) is 17.3 Å². The van der Waals surface area contributed by atoms with Crippen LogP contribution < -0.4 is 0 Å². The smallest absolute Gasteiger partial charge is 0.303 e. The van der Waals surface area contributed by atoms with Crippen LogP contribution in [0.5, 0.6) is 0 Å². The minimum absolute atomic E-state index is 0.0362. The number of carboxylic acid groups (broad SMARTS) is 1. The summed E-state index contributed by atoms with van der Waals surface area (Å²) in [5, 5.41) is 20.5. The molecule has 0 unspecified atom stereocenters. The van der Waals surface area contributed by atoms with Crippen molar-refractivity contribution in [1.29, 1.82) is 0 Å². The lowest BCUT2D eigenvalue weighted by atomic mass is 10.1. The van der Waals surface area contributed by atoms with Gasteiger partial charge in [-0.25, -0.2) is 0 Å². The average molecular weight is 267 g/mol. The molecule has 94 valence electrons. The number of tetrazole rings is 1. The van der Waals surface area contributed by atoms with Crippen LogP contribution in [0.3, 0.4) is 0 Å². The Morgan fingerprint density at radius 3 is 2.89 bits per heavy atom. The number of carboxylic acids is 1. The molecule has 0 amide bonds. The van der Waals surface area contributed by atoms with E-state index in [1.807, 2.05) is 0 Å². The Morgan fingerprint density at radius 1 is 1.50 bits per heavy atom. The molecule has 0 saturated heterocycles. The molecule has 6 nitrogen and oxygen atoms in total. The number of nitrogens with zero attached hydrogens (tertiary/aromatic N) is 4. The topological polar surface area (TPSA) is 80.9 Å². The van der Waals surface area contributed by atoms with E-state index in [0.717, 1.165) is 11.3 Å². The van der Waals surface area contributed by atoms with Crippen molar-refractivity contribution < 1.29 is 9.90 Å². The fourth-order valence-corrected chi connectivity index (χ4v) is 1.85. The normalized spacial score (nSPS) is 10.6. The van der Waals surface area contributed by atoms with Gasteiger partial charge in [0, 0.05) is 11.4 Å². The molecule has 0 atom stereocenters. The summed E-state index contributed by atoms with van der Waals surface area (Å²) in [5.74, 6) is -0.219. The summed E-state index contributed by atoms with van der Waals surface area (Å²) in [6.07, 6.45) is 0.416.